The molecule has 0 spiro atoms. The average molecular weight is 399 g/mol. The largest absolute Gasteiger partial charge is 0.355 e. The van der Waals surface area contributed by atoms with E-state index in [-0.39, 0.29) is 11.8 Å². The quantitative estimate of drug-likeness (QED) is 0.684. The first-order chi connectivity index (χ1) is 14.2. The van der Waals surface area contributed by atoms with E-state index in [0.717, 1.165) is 57.5 Å². The van der Waals surface area contributed by atoms with Crippen LogP contribution in [0, 0.1) is 5.92 Å². The number of aromatic nitrogens is 1. The van der Waals surface area contributed by atoms with E-state index in [1.54, 1.807) is 18.5 Å². The number of nitrogens with zero attached hydrogens (tertiary/aromatic N) is 3. The number of likely N-dealkylation sites (tertiary alicyclic amines) is 2. The lowest BCUT2D eigenvalue weighted by Gasteiger charge is -2.31. The lowest BCUT2D eigenvalue weighted by molar-refractivity contribution is -0.127. The Labute approximate surface area is 174 Å². The highest BCUT2D eigenvalue weighted by atomic mass is 16.2. The second-order valence-electron chi connectivity index (χ2n) is 8.15. The van der Waals surface area contributed by atoms with Crippen molar-refractivity contribution in [1.29, 1.82) is 0 Å². The molecule has 0 aliphatic carbocycles. The van der Waals surface area contributed by atoms with Gasteiger partial charge in [-0.05, 0) is 74.9 Å². The minimum Gasteiger partial charge on any atom is -0.355 e. The van der Waals surface area contributed by atoms with Gasteiger partial charge in [0.1, 0.15) is 0 Å². The molecule has 1 unspecified atom stereocenters. The zero-order valence-electron chi connectivity index (χ0n) is 17.6. The van der Waals surface area contributed by atoms with Gasteiger partial charge in [-0.15, -0.1) is 0 Å². The van der Waals surface area contributed by atoms with E-state index in [9.17, 15) is 9.59 Å². The standard InChI is InChI=1S/C23H34N4O2/c1-2-26-15-3-4-21(26)18-25-22(28)7-5-20-11-16-27(17-12-20)23(29)8-6-19-9-13-24-14-10-19/h6,8-10,13-14,20-21H,2-5,7,11-12,15-18H2,1H3,(H,25,28). The molecule has 1 atom stereocenters. The molecule has 2 aliphatic heterocycles. The zero-order chi connectivity index (χ0) is 20.5. The smallest absolute Gasteiger partial charge is 0.246 e. The molecule has 3 rings (SSSR count). The molecule has 2 amide bonds. The van der Waals surface area contributed by atoms with Crippen LogP contribution in [0.15, 0.2) is 30.6 Å². The predicted molar refractivity (Wildman–Crippen MR) is 115 cm³/mol. The number of hydrogen-bond acceptors (Lipinski definition) is 4. The molecule has 0 saturated carbocycles. The Morgan fingerprint density at radius 3 is 2.66 bits per heavy atom. The van der Waals surface area contributed by atoms with Crippen molar-refractivity contribution in [1.82, 2.24) is 20.1 Å². The van der Waals surface area contributed by atoms with E-state index < -0.39 is 0 Å². The van der Waals surface area contributed by atoms with Crippen LogP contribution in [0.4, 0.5) is 0 Å². The molecular formula is C23H34N4O2. The van der Waals surface area contributed by atoms with Gasteiger partial charge >= 0.3 is 0 Å². The molecule has 2 saturated heterocycles. The first kappa shape index (κ1) is 21.5. The maximum absolute atomic E-state index is 12.4. The molecule has 29 heavy (non-hydrogen) atoms. The number of amides is 2. The third-order valence-electron chi connectivity index (χ3n) is 6.27. The molecular weight excluding hydrogens is 364 g/mol. The van der Waals surface area contributed by atoms with Crippen LogP contribution in [-0.4, -0.2) is 65.4 Å². The summed E-state index contributed by atoms with van der Waals surface area (Å²) in [6.07, 6.45) is 12.8. The summed E-state index contributed by atoms with van der Waals surface area (Å²) in [6, 6.07) is 4.28. The first-order valence-corrected chi connectivity index (χ1v) is 11.0. The minimum atomic E-state index is 0.0649. The van der Waals surface area contributed by atoms with Gasteiger partial charge in [-0.2, -0.15) is 0 Å². The second kappa shape index (κ2) is 11.1. The van der Waals surface area contributed by atoms with Crippen molar-refractivity contribution in [2.24, 2.45) is 5.92 Å². The third-order valence-corrected chi connectivity index (χ3v) is 6.27. The molecule has 1 N–H and O–H groups in total. The van der Waals surface area contributed by atoms with Gasteiger partial charge in [-0.25, -0.2) is 0 Å². The average Bonchev–Trinajstić information content (AvgIpc) is 3.23. The summed E-state index contributed by atoms with van der Waals surface area (Å²) in [5.74, 6) is 0.773. The first-order valence-electron chi connectivity index (χ1n) is 11.0. The van der Waals surface area contributed by atoms with Crippen molar-refractivity contribution in [3.05, 3.63) is 36.2 Å². The molecule has 0 bridgehead atoms. The molecule has 1 aromatic rings. The van der Waals surface area contributed by atoms with Gasteiger partial charge in [0.05, 0.1) is 0 Å². The van der Waals surface area contributed by atoms with E-state index >= 15 is 0 Å². The number of pyridine rings is 1. The molecule has 6 heteroatoms. The Balaban J connectivity index is 1.32. The zero-order valence-corrected chi connectivity index (χ0v) is 17.6. The van der Waals surface area contributed by atoms with Crippen molar-refractivity contribution in [2.75, 3.05) is 32.7 Å². The van der Waals surface area contributed by atoms with Crippen LogP contribution in [0.1, 0.15) is 51.0 Å². The van der Waals surface area contributed by atoms with Crippen molar-refractivity contribution in [2.45, 2.75) is 51.5 Å². The van der Waals surface area contributed by atoms with E-state index in [1.807, 2.05) is 23.1 Å². The van der Waals surface area contributed by atoms with Crippen LogP contribution in [0.25, 0.3) is 6.08 Å². The van der Waals surface area contributed by atoms with E-state index in [0.29, 0.717) is 18.4 Å². The van der Waals surface area contributed by atoms with Crippen LogP contribution < -0.4 is 5.32 Å². The monoisotopic (exact) mass is 398 g/mol. The number of hydrogen-bond donors (Lipinski definition) is 1. The van der Waals surface area contributed by atoms with Gasteiger partial charge in [0.15, 0.2) is 0 Å². The number of likely N-dealkylation sites (N-methyl/N-ethyl adjacent to an activating group) is 1. The summed E-state index contributed by atoms with van der Waals surface area (Å²) in [4.78, 5) is 32.9. The Morgan fingerprint density at radius 1 is 1.17 bits per heavy atom. The van der Waals surface area contributed by atoms with Crippen molar-refractivity contribution >= 4 is 17.9 Å². The van der Waals surface area contributed by atoms with Gasteiger partial charge in [-0.1, -0.05) is 6.92 Å². The van der Waals surface area contributed by atoms with Gasteiger partial charge < -0.3 is 10.2 Å². The lowest BCUT2D eigenvalue weighted by atomic mass is 9.92. The van der Waals surface area contributed by atoms with Crippen molar-refractivity contribution < 1.29 is 9.59 Å². The summed E-state index contributed by atoms with van der Waals surface area (Å²) in [7, 11) is 0. The summed E-state index contributed by atoms with van der Waals surface area (Å²) in [5, 5.41) is 3.13. The third kappa shape index (κ3) is 6.67. The highest BCUT2D eigenvalue weighted by Gasteiger charge is 2.24. The Morgan fingerprint density at radius 2 is 1.93 bits per heavy atom. The fraction of sp³-hybridized carbons (Fsp3) is 0.609. The SMILES string of the molecule is CCN1CCCC1CNC(=O)CCC1CCN(C(=O)C=Cc2ccncc2)CC1. The summed E-state index contributed by atoms with van der Waals surface area (Å²) in [5.41, 5.74) is 0.980. The van der Waals surface area contributed by atoms with Crippen LogP contribution in [0.2, 0.25) is 0 Å². The maximum Gasteiger partial charge on any atom is 0.246 e. The maximum atomic E-state index is 12.4. The topological polar surface area (TPSA) is 65.5 Å². The molecule has 2 aliphatic rings. The summed E-state index contributed by atoms with van der Waals surface area (Å²) >= 11 is 0. The Kier molecular flexibility index (Phi) is 8.23. The van der Waals surface area contributed by atoms with Crippen LogP contribution >= 0.6 is 0 Å². The Bertz CT molecular complexity index is 683. The van der Waals surface area contributed by atoms with Crippen molar-refractivity contribution in [3.8, 4) is 0 Å². The molecule has 1 aromatic heterocycles. The number of piperidine rings is 1. The number of nitrogens with one attached hydrogen (secondary N) is 1. The van der Waals surface area contributed by atoms with E-state index in [4.69, 9.17) is 0 Å². The lowest BCUT2D eigenvalue weighted by Crippen LogP contribution is -2.40. The normalized spacial score (nSPS) is 21.0. The van der Waals surface area contributed by atoms with Crippen molar-refractivity contribution in [3.63, 3.8) is 0 Å². The fourth-order valence-electron chi connectivity index (χ4n) is 4.39. The Hall–Kier alpha value is -2.21. The van der Waals surface area contributed by atoms with E-state index in [2.05, 4.69) is 22.1 Å². The van der Waals surface area contributed by atoms with Gasteiger partial charge in [0, 0.05) is 50.6 Å². The predicted octanol–water partition coefficient (Wildman–Crippen LogP) is 2.71. The summed E-state index contributed by atoms with van der Waals surface area (Å²) < 4.78 is 0. The second-order valence-corrected chi connectivity index (χ2v) is 8.15. The molecule has 0 radical (unpaired) electrons. The molecule has 0 aromatic carbocycles. The van der Waals surface area contributed by atoms with Gasteiger partial charge in [0.2, 0.25) is 11.8 Å². The molecule has 6 nitrogen and oxygen atoms in total. The highest BCUT2D eigenvalue weighted by Crippen LogP contribution is 2.22. The van der Waals surface area contributed by atoms with E-state index in [1.165, 1.54) is 12.8 Å². The van der Waals surface area contributed by atoms with Crippen LogP contribution in [0.3, 0.4) is 0 Å². The molecule has 158 valence electrons. The number of carbonyl (C=O) groups excluding carboxylic acids is 2. The van der Waals surface area contributed by atoms with Crippen LogP contribution in [-0.2, 0) is 9.59 Å². The highest BCUT2D eigenvalue weighted by molar-refractivity contribution is 5.91. The summed E-state index contributed by atoms with van der Waals surface area (Å²) in [6.45, 7) is 6.75. The molecule has 3 heterocycles. The number of rotatable bonds is 8. The van der Waals surface area contributed by atoms with Crippen LogP contribution in [0.5, 0.6) is 0 Å². The van der Waals surface area contributed by atoms with Gasteiger partial charge in [0.25, 0.3) is 0 Å². The fourth-order valence-corrected chi connectivity index (χ4v) is 4.39. The number of carbonyl (C=O) groups is 2. The minimum absolute atomic E-state index is 0.0649. The van der Waals surface area contributed by atoms with Gasteiger partial charge in [-0.3, -0.25) is 19.5 Å². The molecule has 2 fully saturated rings.